The van der Waals surface area contributed by atoms with Gasteiger partial charge in [-0.2, -0.15) is 0 Å². The molecule has 1 aliphatic heterocycles. The van der Waals surface area contributed by atoms with E-state index in [4.69, 9.17) is 36.1 Å². The van der Waals surface area contributed by atoms with Crippen LogP contribution in [0.4, 0.5) is 0 Å². The van der Waals surface area contributed by atoms with Crippen molar-refractivity contribution in [3.63, 3.8) is 0 Å². The minimum atomic E-state index is -0.661. The van der Waals surface area contributed by atoms with Crippen molar-refractivity contribution in [1.82, 2.24) is 10.4 Å². The van der Waals surface area contributed by atoms with E-state index in [9.17, 15) is 19.2 Å². The Morgan fingerprint density at radius 2 is 1.07 bits per heavy atom. The van der Waals surface area contributed by atoms with Gasteiger partial charge in [0.25, 0.3) is 11.8 Å². The summed E-state index contributed by atoms with van der Waals surface area (Å²) in [5.74, 6) is 1.37. The molecule has 2 aliphatic carbocycles. The van der Waals surface area contributed by atoms with Gasteiger partial charge in [-0.1, -0.05) is 0 Å². The molecule has 3 amide bonds. The van der Waals surface area contributed by atoms with Crippen molar-refractivity contribution >= 4 is 23.7 Å². The van der Waals surface area contributed by atoms with Crippen molar-refractivity contribution in [2.24, 2.45) is 40.9 Å². The predicted molar refractivity (Wildman–Crippen MR) is 173 cm³/mol. The molecule has 0 aromatic carbocycles. The highest BCUT2D eigenvalue weighted by Crippen LogP contribution is 2.28. The number of amides is 3. The Morgan fingerprint density at radius 3 is 1.48 bits per heavy atom. The second-order valence-corrected chi connectivity index (χ2v) is 12.0. The van der Waals surface area contributed by atoms with E-state index in [2.05, 4.69) is 10.2 Å². The summed E-state index contributed by atoms with van der Waals surface area (Å²) >= 11 is 0. The number of ether oxygens (including phenoxy) is 4. The molecule has 3 fully saturated rings. The first-order chi connectivity index (χ1) is 22.3. The second-order valence-electron chi connectivity index (χ2n) is 12.0. The summed E-state index contributed by atoms with van der Waals surface area (Å²) in [7, 11) is 3.18. The molecule has 0 aromatic rings. The highest BCUT2D eigenvalue weighted by atomic mass is 16.7. The molecule has 3 aliphatic rings. The Hall–Kier alpha value is -2.20. The van der Waals surface area contributed by atoms with Gasteiger partial charge >= 0.3 is 5.97 Å². The number of hydroxylamine groups is 2. The number of nitrogens with zero attached hydrogens (tertiary/aromatic N) is 1. The van der Waals surface area contributed by atoms with Crippen LogP contribution in [0.3, 0.4) is 0 Å². The number of hydrogen-bond acceptors (Lipinski definition) is 12. The van der Waals surface area contributed by atoms with Crippen LogP contribution in [0.15, 0.2) is 0 Å². The molecule has 0 spiro atoms. The van der Waals surface area contributed by atoms with Crippen LogP contribution < -0.4 is 22.5 Å². The van der Waals surface area contributed by atoms with E-state index in [0.29, 0.717) is 56.4 Å². The van der Waals surface area contributed by atoms with Gasteiger partial charge in [0.1, 0.15) is 0 Å². The van der Waals surface area contributed by atoms with Crippen LogP contribution in [-0.4, -0.2) is 109 Å². The van der Waals surface area contributed by atoms with Crippen LogP contribution in [0, 0.1) is 23.7 Å². The number of hydrogen-bond donors (Lipinski definition) is 4. The first-order valence-electron chi connectivity index (χ1n) is 16.8. The zero-order chi connectivity index (χ0) is 34.0. The third kappa shape index (κ3) is 19.5. The van der Waals surface area contributed by atoms with E-state index < -0.39 is 17.8 Å². The fraction of sp³-hybridized carbons (Fsp3) is 0.875. The average Bonchev–Trinajstić information content (AvgIpc) is 3.40. The summed E-state index contributed by atoms with van der Waals surface area (Å²) in [5.41, 5.74) is 16.8. The van der Waals surface area contributed by atoms with E-state index >= 15 is 0 Å². The average molecular weight is 660 g/mol. The summed E-state index contributed by atoms with van der Waals surface area (Å²) in [6.45, 7) is 5.93. The number of carbonyl (C=O) groups is 4. The van der Waals surface area contributed by atoms with Crippen molar-refractivity contribution in [2.45, 2.75) is 77.0 Å². The number of carbonyl (C=O) groups excluding carboxylic acids is 4. The molecule has 1 heterocycles. The SMILES string of the molecule is COCCOCCC(=O)NCC1CCC(CN)CC1.COCCOCCC(=O)ON1C(=O)CCC1=O.NCC1CCC(CN)CC1. The molecule has 268 valence electrons. The second kappa shape index (κ2) is 26.8. The largest absolute Gasteiger partial charge is 0.382 e. The molecular weight excluding hydrogens is 598 g/mol. The van der Waals surface area contributed by atoms with Crippen LogP contribution in [0.1, 0.15) is 77.0 Å². The summed E-state index contributed by atoms with van der Waals surface area (Å²) in [4.78, 5) is 49.7. The monoisotopic (exact) mass is 659 g/mol. The van der Waals surface area contributed by atoms with Crippen molar-refractivity contribution < 1.29 is 43.0 Å². The zero-order valence-electron chi connectivity index (χ0n) is 28.2. The third-order valence-corrected chi connectivity index (χ3v) is 8.51. The van der Waals surface area contributed by atoms with Crippen LogP contribution in [0.25, 0.3) is 0 Å². The molecule has 14 heteroatoms. The van der Waals surface area contributed by atoms with Crippen LogP contribution >= 0.6 is 0 Å². The third-order valence-electron chi connectivity index (χ3n) is 8.51. The van der Waals surface area contributed by atoms with E-state index in [1.54, 1.807) is 14.2 Å². The van der Waals surface area contributed by atoms with E-state index in [-0.39, 0.29) is 31.8 Å². The molecule has 14 nitrogen and oxygen atoms in total. The Balaban J connectivity index is 0.000000361. The smallest absolute Gasteiger partial charge is 0.335 e. The molecule has 46 heavy (non-hydrogen) atoms. The molecule has 7 N–H and O–H groups in total. The van der Waals surface area contributed by atoms with E-state index in [0.717, 1.165) is 38.0 Å². The molecule has 0 aromatic heterocycles. The van der Waals surface area contributed by atoms with Crippen molar-refractivity contribution in [2.75, 3.05) is 80.0 Å². The molecule has 0 atom stereocenters. The highest BCUT2D eigenvalue weighted by molar-refractivity contribution is 6.01. The lowest BCUT2D eigenvalue weighted by molar-refractivity contribution is -0.198. The number of nitrogens with two attached hydrogens (primary N) is 3. The molecule has 3 rings (SSSR count). The standard InChI is InChI=1S/C14H28N2O3.C10H15NO6.C8H18N2/c1-18-8-9-19-7-6-14(17)16-11-13-4-2-12(10-15)3-5-13;1-15-6-7-16-5-4-10(14)17-11-8(12)2-3-9(11)13;9-5-7-1-2-8(6-10)4-3-7/h12-13H,2-11,15H2,1H3,(H,16,17);2-7H2,1H3;7-8H,1-6,9-10H2. The fourth-order valence-corrected chi connectivity index (χ4v) is 5.34. The molecule has 0 bridgehead atoms. The number of rotatable bonds is 18. The predicted octanol–water partition coefficient (Wildman–Crippen LogP) is 1.28. The first kappa shape index (κ1) is 41.8. The Kier molecular flexibility index (Phi) is 24.4. The van der Waals surface area contributed by atoms with Gasteiger partial charge in [-0.05, 0) is 94.7 Å². The minimum absolute atomic E-state index is 0.0131. The van der Waals surface area contributed by atoms with Crippen LogP contribution in [-0.2, 0) is 43.0 Å². The summed E-state index contributed by atoms with van der Waals surface area (Å²) < 4.78 is 19.9. The Bertz CT molecular complexity index is 807. The van der Waals surface area contributed by atoms with Gasteiger partial charge < -0.3 is 46.3 Å². The maximum atomic E-state index is 11.6. The maximum absolute atomic E-state index is 11.6. The van der Waals surface area contributed by atoms with Gasteiger partial charge in [0, 0.05) is 40.0 Å². The number of nitrogens with one attached hydrogen (secondary N) is 1. The summed E-state index contributed by atoms with van der Waals surface area (Å²) in [5, 5.41) is 3.52. The Morgan fingerprint density at radius 1 is 0.652 bits per heavy atom. The molecule has 1 saturated heterocycles. The lowest BCUT2D eigenvalue weighted by Crippen LogP contribution is -2.32. The topological polar surface area (TPSA) is 208 Å². The highest BCUT2D eigenvalue weighted by Gasteiger charge is 2.32. The maximum Gasteiger partial charge on any atom is 0.335 e. The van der Waals surface area contributed by atoms with Crippen molar-refractivity contribution in [3.05, 3.63) is 0 Å². The molecule has 2 saturated carbocycles. The van der Waals surface area contributed by atoms with Crippen LogP contribution in [0.2, 0.25) is 0 Å². The van der Waals surface area contributed by atoms with Gasteiger partial charge in [-0.3, -0.25) is 14.4 Å². The van der Waals surface area contributed by atoms with E-state index in [1.807, 2.05) is 0 Å². The van der Waals surface area contributed by atoms with Gasteiger partial charge in [0.15, 0.2) is 0 Å². The fourth-order valence-electron chi connectivity index (χ4n) is 5.34. The zero-order valence-corrected chi connectivity index (χ0v) is 28.2. The quantitative estimate of drug-likeness (QED) is 0.121. The lowest BCUT2D eigenvalue weighted by Gasteiger charge is -2.27. The first-order valence-corrected chi connectivity index (χ1v) is 16.8. The van der Waals surface area contributed by atoms with Crippen molar-refractivity contribution in [3.8, 4) is 0 Å². The normalized spacial score (nSPS) is 22.8. The van der Waals surface area contributed by atoms with Gasteiger partial charge in [-0.15, -0.1) is 5.06 Å². The summed E-state index contributed by atoms with van der Waals surface area (Å²) in [6.07, 6.45) is 10.6. The number of imide groups is 1. The van der Waals surface area contributed by atoms with Crippen LogP contribution in [0.5, 0.6) is 0 Å². The van der Waals surface area contributed by atoms with E-state index in [1.165, 1.54) is 51.4 Å². The minimum Gasteiger partial charge on any atom is -0.382 e. The van der Waals surface area contributed by atoms with Crippen molar-refractivity contribution in [1.29, 1.82) is 0 Å². The summed E-state index contributed by atoms with van der Waals surface area (Å²) in [6, 6.07) is 0. The molecule has 0 radical (unpaired) electrons. The lowest BCUT2D eigenvalue weighted by atomic mass is 9.82. The number of methoxy groups -OCH3 is 2. The van der Waals surface area contributed by atoms with Gasteiger partial charge in [0.2, 0.25) is 5.91 Å². The van der Waals surface area contributed by atoms with Gasteiger partial charge in [0.05, 0.1) is 46.1 Å². The molecule has 0 unspecified atom stereocenters. The van der Waals surface area contributed by atoms with Gasteiger partial charge in [-0.25, -0.2) is 4.79 Å². The Labute approximate surface area is 275 Å². The molecular formula is C32H61N5O9.